The summed E-state index contributed by atoms with van der Waals surface area (Å²) >= 11 is 0. The summed E-state index contributed by atoms with van der Waals surface area (Å²) in [5.74, 6) is 0.197. The fraction of sp³-hybridized carbons (Fsp3) is 0.571. The zero-order valence-corrected chi connectivity index (χ0v) is 11.2. The maximum atomic E-state index is 13.2. The molecule has 0 fully saturated rings. The van der Waals surface area contributed by atoms with Crippen molar-refractivity contribution >= 4 is 0 Å². The standard InChI is InChI=1S/C14H22FNO2/c1-4-14(17,5-2)9-18-13-7-6-11(15)8-12(13)10(3)16/h6-8,10,17H,4-5,9,16H2,1-3H3/t10-/m0/s1. The Labute approximate surface area is 108 Å². The molecular weight excluding hydrogens is 233 g/mol. The highest BCUT2D eigenvalue weighted by molar-refractivity contribution is 5.36. The minimum absolute atomic E-state index is 0.186. The molecule has 1 aromatic carbocycles. The van der Waals surface area contributed by atoms with Crippen LogP contribution in [0, 0.1) is 5.82 Å². The Kier molecular flexibility index (Phi) is 5.11. The van der Waals surface area contributed by atoms with Gasteiger partial charge in [0.2, 0.25) is 0 Å². The van der Waals surface area contributed by atoms with E-state index in [-0.39, 0.29) is 18.5 Å². The molecule has 3 N–H and O–H groups in total. The number of benzene rings is 1. The Morgan fingerprint density at radius 3 is 2.50 bits per heavy atom. The Bertz CT molecular complexity index is 389. The zero-order chi connectivity index (χ0) is 13.8. The van der Waals surface area contributed by atoms with Crippen molar-refractivity contribution in [2.45, 2.75) is 45.3 Å². The summed E-state index contributed by atoms with van der Waals surface area (Å²) in [6, 6.07) is 3.95. The molecule has 0 spiro atoms. The minimum Gasteiger partial charge on any atom is -0.490 e. The number of rotatable bonds is 6. The lowest BCUT2D eigenvalue weighted by Crippen LogP contribution is -2.34. The van der Waals surface area contributed by atoms with Crippen molar-refractivity contribution in [2.75, 3.05) is 6.61 Å². The molecule has 0 aliphatic heterocycles. The van der Waals surface area contributed by atoms with Gasteiger partial charge in [0.1, 0.15) is 18.2 Å². The number of hydrogen-bond donors (Lipinski definition) is 2. The second-order valence-electron chi connectivity index (χ2n) is 4.69. The maximum absolute atomic E-state index is 13.2. The average Bonchev–Trinajstić information content (AvgIpc) is 2.36. The lowest BCUT2D eigenvalue weighted by Gasteiger charge is -2.26. The van der Waals surface area contributed by atoms with Gasteiger partial charge < -0.3 is 15.6 Å². The summed E-state index contributed by atoms with van der Waals surface area (Å²) < 4.78 is 18.8. The van der Waals surface area contributed by atoms with Crippen molar-refractivity contribution in [3.8, 4) is 5.75 Å². The van der Waals surface area contributed by atoms with Crippen LogP contribution in [0.2, 0.25) is 0 Å². The fourth-order valence-corrected chi connectivity index (χ4v) is 1.67. The molecule has 102 valence electrons. The van der Waals surface area contributed by atoms with Gasteiger partial charge >= 0.3 is 0 Å². The van der Waals surface area contributed by atoms with Crippen LogP contribution < -0.4 is 10.5 Å². The van der Waals surface area contributed by atoms with Crippen molar-refractivity contribution in [1.82, 2.24) is 0 Å². The zero-order valence-electron chi connectivity index (χ0n) is 11.2. The van der Waals surface area contributed by atoms with Crippen LogP contribution in [-0.4, -0.2) is 17.3 Å². The molecule has 0 saturated carbocycles. The summed E-state index contributed by atoms with van der Waals surface area (Å²) in [6.07, 6.45) is 1.22. The lowest BCUT2D eigenvalue weighted by atomic mass is 9.99. The predicted molar refractivity (Wildman–Crippen MR) is 70.0 cm³/mol. The van der Waals surface area contributed by atoms with Crippen molar-refractivity contribution in [3.05, 3.63) is 29.6 Å². The molecule has 0 saturated heterocycles. The number of aliphatic hydroxyl groups is 1. The predicted octanol–water partition coefficient (Wildman–Crippen LogP) is 2.78. The van der Waals surface area contributed by atoms with Crippen molar-refractivity contribution in [2.24, 2.45) is 5.73 Å². The van der Waals surface area contributed by atoms with Crippen molar-refractivity contribution in [3.63, 3.8) is 0 Å². The molecule has 1 rings (SSSR count). The monoisotopic (exact) mass is 255 g/mol. The molecule has 0 bridgehead atoms. The third-order valence-corrected chi connectivity index (χ3v) is 3.27. The molecule has 3 nitrogen and oxygen atoms in total. The van der Waals surface area contributed by atoms with Gasteiger partial charge in [-0.1, -0.05) is 13.8 Å². The summed E-state index contributed by atoms with van der Waals surface area (Å²) in [6.45, 7) is 5.77. The molecule has 4 heteroatoms. The first kappa shape index (κ1) is 14.9. The number of hydrogen-bond acceptors (Lipinski definition) is 3. The fourth-order valence-electron chi connectivity index (χ4n) is 1.67. The lowest BCUT2D eigenvalue weighted by molar-refractivity contribution is -0.0116. The second kappa shape index (κ2) is 6.16. The molecule has 0 heterocycles. The van der Waals surface area contributed by atoms with E-state index >= 15 is 0 Å². The van der Waals surface area contributed by atoms with Crippen LogP contribution in [0.25, 0.3) is 0 Å². The van der Waals surface area contributed by atoms with Gasteiger partial charge in [0, 0.05) is 11.6 Å². The van der Waals surface area contributed by atoms with Crippen molar-refractivity contribution < 1.29 is 14.2 Å². The molecular formula is C14H22FNO2. The highest BCUT2D eigenvalue weighted by atomic mass is 19.1. The van der Waals surface area contributed by atoms with E-state index in [4.69, 9.17) is 10.5 Å². The SMILES string of the molecule is CCC(O)(CC)COc1ccc(F)cc1[C@H](C)N. The van der Waals surface area contributed by atoms with Crippen molar-refractivity contribution in [1.29, 1.82) is 0 Å². The van der Waals surface area contributed by atoms with E-state index in [2.05, 4.69) is 0 Å². The maximum Gasteiger partial charge on any atom is 0.124 e. The second-order valence-corrected chi connectivity index (χ2v) is 4.69. The molecule has 0 amide bonds. The Hall–Kier alpha value is -1.13. The van der Waals surface area contributed by atoms with E-state index in [1.165, 1.54) is 12.1 Å². The average molecular weight is 255 g/mol. The highest BCUT2D eigenvalue weighted by Crippen LogP contribution is 2.26. The molecule has 0 aliphatic carbocycles. The molecule has 1 atom stereocenters. The van der Waals surface area contributed by atoms with Crippen LogP contribution in [-0.2, 0) is 0 Å². The van der Waals surface area contributed by atoms with E-state index < -0.39 is 5.60 Å². The number of nitrogens with two attached hydrogens (primary N) is 1. The first-order valence-corrected chi connectivity index (χ1v) is 6.32. The van der Waals surface area contributed by atoms with E-state index in [1.807, 2.05) is 13.8 Å². The number of halogens is 1. The number of ether oxygens (including phenoxy) is 1. The van der Waals surface area contributed by atoms with Crippen LogP contribution in [0.5, 0.6) is 5.75 Å². The molecule has 18 heavy (non-hydrogen) atoms. The minimum atomic E-state index is -0.844. The van der Waals surface area contributed by atoms with Gasteiger partial charge in [-0.15, -0.1) is 0 Å². The summed E-state index contributed by atoms with van der Waals surface area (Å²) in [4.78, 5) is 0. The van der Waals surface area contributed by atoms with E-state index in [0.717, 1.165) is 0 Å². The third kappa shape index (κ3) is 3.68. The van der Waals surface area contributed by atoms with E-state index in [9.17, 15) is 9.50 Å². The van der Waals surface area contributed by atoms with E-state index in [0.29, 0.717) is 24.2 Å². The van der Waals surface area contributed by atoms with Gasteiger partial charge in [0.05, 0.1) is 5.60 Å². The normalized spacial score (nSPS) is 13.4. The van der Waals surface area contributed by atoms with Crippen LogP contribution in [0.1, 0.15) is 45.2 Å². The summed E-state index contributed by atoms with van der Waals surface area (Å²) in [5.41, 5.74) is 5.55. The largest absolute Gasteiger partial charge is 0.490 e. The summed E-state index contributed by atoms with van der Waals surface area (Å²) in [7, 11) is 0. The van der Waals surface area contributed by atoms with Gasteiger partial charge in [-0.2, -0.15) is 0 Å². The van der Waals surface area contributed by atoms with Gasteiger partial charge in [0.15, 0.2) is 0 Å². The molecule has 0 aliphatic rings. The highest BCUT2D eigenvalue weighted by Gasteiger charge is 2.23. The van der Waals surface area contributed by atoms with Gasteiger partial charge in [-0.05, 0) is 38.0 Å². The first-order chi connectivity index (χ1) is 8.41. The van der Waals surface area contributed by atoms with E-state index in [1.54, 1.807) is 13.0 Å². The Morgan fingerprint density at radius 1 is 1.39 bits per heavy atom. The molecule has 0 aromatic heterocycles. The topological polar surface area (TPSA) is 55.5 Å². The molecule has 1 aromatic rings. The van der Waals surface area contributed by atoms with Crippen LogP contribution >= 0.6 is 0 Å². The smallest absolute Gasteiger partial charge is 0.124 e. The quantitative estimate of drug-likeness (QED) is 0.821. The Morgan fingerprint density at radius 2 is 2.00 bits per heavy atom. The van der Waals surface area contributed by atoms with Crippen LogP contribution in [0.3, 0.4) is 0 Å². The van der Waals surface area contributed by atoms with Gasteiger partial charge in [0.25, 0.3) is 0 Å². The summed E-state index contributed by atoms with van der Waals surface area (Å²) in [5, 5.41) is 10.1. The molecule has 0 radical (unpaired) electrons. The van der Waals surface area contributed by atoms with Crippen LogP contribution in [0.4, 0.5) is 4.39 Å². The first-order valence-electron chi connectivity index (χ1n) is 6.32. The molecule has 0 unspecified atom stereocenters. The van der Waals surface area contributed by atoms with Gasteiger partial charge in [-0.3, -0.25) is 0 Å². The van der Waals surface area contributed by atoms with Gasteiger partial charge in [-0.25, -0.2) is 4.39 Å². The van der Waals surface area contributed by atoms with Crippen LogP contribution in [0.15, 0.2) is 18.2 Å². The third-order valence-electron chi connectivity index (χ3n) is 3.27. The Balaban J connectivity index is 2.85.